The van der Waals surface area contributed by atoms with Crippen LogP contribution in [-0.2, 0) is 11.3 Å². The molecule has 0 unspecified atom stereocenters. The van der Waals surface area contributed by atoms with E-state index < -0.39 is 5.92 Å². The van der Waals surface area contributed by atoms with Gasteiger partial charge in [0.25, 0.3) is 5.92 Å². The molecule has 0 fully saturated rings. The highest BCUT2D eigenvalue weighted by Crippen LogP contribution is 2.32. The molecule has 2 heteroatoms. The van der Waals surface area contributed by atoms with Gasteiger partial charge in [0.1, 0.15) is 0 Å². The Morgan fingerprint density at radius 1 is 0.933 bits per heavy atom. The normalized spacial score (nSPS) is 12.9. The summed E-state index contributed by atoms with van der Waals surface area (Å²) < 4.78 is 26.6. The predicted molar refractivity (Wildman–Crippen MR) is 59.3 cm³/mol. The van der Waals surface area contributed by atoms with Crippen molar-refractivity contribution in [1.82, 2.24) is 0 Å². The van der Waals surface area contributed by atoms with Crippen molar-refractivity contribution < 1.29 is 8.78 Å². The zero-order chi connectivity index (χ0) is 11.7. The molecule has 15 heavy (non-hydrogen) atoms. The number of rotatable bonds is 2. The van der Waals surface area contributed by atoms with E-state index in [2.05, 4.69) is 20.8 Å². The summed E-state index contributed by atoms with van der Waals surface area (Å²) in [5, 5.41) is 0. The maximum Gasteiger partial charge on any atom is 0.273 e. The number of hydrogen-bond acceptors (Lipinski definition) is 0. The van der Waals surface area contributed by atoms with Gasteiger partial charge in [-0.3, -0.25) is 0 Å². The van der Waals surface area contributed by atoms with Gasteiger partial charge >= 0.3 is 0 Å². The Balaban J connectivity index is 3.01. The highest BCUT2D eigenvalue weighted by atomic mass is 19.3. The molecule has 0 bridgehead atoms. The average Bonchev–Trinajstić information content (AvgIpc) is 2.17. The number of alkyl halides is 2. The molecule has 0 atom stereocenters. The Morgan fingerprint density at radius 3 is 1.67 bits per heavy atom. The van der Waals surface area contributed by atoms with Crippen molar-refractivity contribution in [2.24, 2.45) is 0 Å². The lowest BCUT2D eigenvalue weighted by atomic mass is 9.86. The van der Waals surface area contributed by atoms with Crippen molar-refractivity contribution in [2.75, 3.05) is 0 Å². The molecule has 0 spiro atoms. The van der Waals surface area contributed by atoms with Gasteiger partial charge in [0.2, 0.25) is 0 Å². The van der Waals surface area contributed by atoms with Gasteiger partial charge in [0.15, 0.2) is 0 Å². The van der Waals surface area contributed by atoms with E-state index in [-0.39, 0.29) is 17.4 Å². The van der Waals surface area contributed by atoms with Crippen LogP contribution in [0.2, 0.25) is 0 Å². The van der Waals surface area contributed by atoms with Gasteiger partial charge < -0.3 is 0 Å². The van der Waals surface area contributed by atoms with Crippen molar-refractivity contribution in [3.8, 4) is 0 Å². The topological polar surface area (TPSA) is 0 Å². The standard InChI is InChI=1S/C13H18F2/c1-5-13(14,15)11-8-6-10(7-9-11)12(2,3)4/h6-9H,5H2,1-4H3. The van der Waals surface area contributed by atoms with Gasteiger partial charge in [-0.15, -0.1) is 0 Å². The van der Waals surface area contributed by atoms with Crippen molar-refractivity contribution in [2.45, 2.75) is 45.5 Å². The fourth-order valence-electron chi connectivity index (χ4n) is 1.42. The van der Waals surface area contributed by atoms with E-state index in [1.54, 1.807) is 12.1 Å². The average molecular weight is 212 g/mol. The van der Waals surface area contributed by atoms with Crippen LogP contribution in [0.4, 0.5) is 8.78 Å². The second kappa shape index (κ2) is 3.92. The van der Waals surface area contributed by atoms with Gasteiger partial charge in [-0.25, -0.2) is 8.78 Å². The smallest absolute Gasteiger partial charge is 0.201 e. The van der Waals surface area contributed by atoms with E-state index in [0.29, 0.717) is 0 Å². The highest BCUT2D eigenvalue weighted by molar-refractivity contribution is 5.29. The summed E-state index contributed by atoms with van der Waals surface area (Å²) >= 11 is 0. The molecule has 0 aliphatic carbocycles. The molecule has 0 nitrogen and oxygen atoms in total. The number of halogens is 2. The Hall–Kier alpha value is -0.920. The van der Waals surface area contributed by atoms with Crippen molar-refractivity contribution in [1.29, 1.82) is 0 Å². The van der Waals surface area contributed by atoms with Crippen LogP contribution in [0.1, 0.15) is 45.2 Å². The molecule has 0 saturated heterocycles. The van der Waals surface area contributed by atoms with Crippen molar-refractivity contribution in [3.63, 3.8) is 0 Å². The van der Waals surface area contributed by atoms with Crippen LogP contribution in [-0.4, -0.2) is 0 Å². The molecule has 0 aliphatic heterocycles. The molecule has 0 aliphatic rings. The quantitative estimate of drug-likeness (QED) is 0.677. The summed E-state index contributed by atoms with van der Waals surface area (Å²) in [5.41, 5.74) is 1.20. The van der Waals surface area contributed by atoms with Crippen LogP contribution >= 0.6 is 0 Å². The SMILES string of the molecule is CCC(F)(F)c1ccc(C(C)(C)C)cc1. The molecule has 84 valence electrons. The third-order valence-corrected chi connectivity index (χ3v) is 2.62. The lowest BCUT2D eigenvalue weighted by Gasteiger charge is -2.21. The summed E-state index contributed by atoms with van der Waals surface area (Å²) in [6.45, 7) is 7.71. The molecule has 0 heterocycles. The fourth-order valence-corrected chi connectivity index (χ4v) is 1.42. The largest absolute Gasteiger partial charge is 0.273 e. The van der Waals surface area contributed by atoms with E-state index in [4.69, 9.17) is 0 Å². The van der Waals surface area contributed by atoms with E-state index in [1.807, 2.05) is 0 Å². The summed E-state index contributed by atoms with van der Waals surface area (Å²) in [6.07, 6.45) is -0.151. The van der Waals surface area contributed by atoms with Crippen LogP contribution in [0.5, 0.6) is 0 Å². The third kappa shape index (κ3) is 2.77. The molecule has 0 aromatic heterocycles. The second-order valence-electron chi connectivity index (χ2n) is 4.89. The molecular formula is C13H18F2. The first-order valence-corrected chi connectivity index (χ1v) is 5.26. The molecule has 1 rings (SSSR count). The minimum Gasteiger partial charge on any atom is -0.201 e. The molecule has 1 aromatic rings. The minimum atomic E-state index is -2.70. The monoisotopic (exact) mass is 212 g/mol. The van der Waals surface area contributed by atoms with Gasteiger partial charge in [-0.1, -0.05) is 52.0 Å². The van der Waals surface area contributed by atoms with Crippen LogP contribution in [0, 0.1) is 0 Å². The van der Waals surface area contributed by atoms with Crippen LogP contribution in [0.3, 0.4) is 0 Å². The molecule has 0 radical (unpaired) electrons. The Kier molecular flexibility index (Phi) is 3.17. The van der Waals surface area contributed by atoms with Gasteiger partial charge in [-0.2, -0.15) is 0 Å². The lowest BCUT2D eigenvalue weighted by molar-refractivity contribution is -0.00831. The predicted octanol–water partition coefficient (Wildman–Crippen LogP) is 4.49. The van der Waals surface area contributed by atoms with E-state index in [1.165, 1.54) is 19.1 Å². The molecule has 1 aromatic carbocycles. The first-order valence-electron chi connectivity index (χ1n) is 5.26. The zero-order valence-corrected chi connectivity index (χ0v) is 9.77. The van der Waals surface area contributed by atoms with Gasteiger partial charge in [-0.05, 0) is 11.0 Å². The molecular weight excluding hydrogens is 194 g/mol. The number of hydrogen-bond donors (Lipinski definition) is 0. The van der Waals surface area contributed by atoms with Crippen molar-refractivity contribution in [3.05, 3.63) is 35.4 Å². The minimum absolute atomic E-state index is 0.0139. The summed E-state index contributed by atoms with van der Waals surface area (Å²) in [4.78, 5) is 0. The number of benzene rings is 1. The summed E-state index contributed by atoms with van der Waals surface area (Å²) in [6, 6.07) is 6.64. The summed E-state index contributed by atoms with van der Waals surface area (Å²) in [5.74, 6) is -2.70. The maximum atomic E-state index is 13.3. The first-order chi connectivity index (χ1) is 6.77. The summed E-state index contributed by atoms with van der Waals surface area (Å²) in [7, 11) is 0. The van der Waals surface area contributed by atoms with Crippen molar-refractivity contribution >= 4 is 0 Å². The Bertz CT molecular complexity index is 317. The first kappa shape index (κ1) is 12.2. The van der Waals surface area contributed by atoms with E-state index >= 15 is 0 Å². The van der Waals surface area contributed by atoms with Gasteiger partial charge in [0, 0.05) is 12.0 Å². The highest BCUT2D eigenvalue weighted by Gasteiger charge is 2.28. The maximum absolute atomic E-state index is 13.3. The Morgan fingerprint density at radius 2 is 1.33 bits per heavy atom. The molecule has 0 N–H and O–H groups in total. The van der Waals surface area contributed by atoms with Crippen LogP contribution in [0.15, 0.2) is 24.3 Å². The zero-order valence-electron chi connectivity index (χ0n) is 9.77. The van der Waals surface area contributed by atoms with E-state index in [9.17, 15) is 8.78 Å². The van der Waals surface area contributed by atoms with Crippen LogP contribution < -0.4 is 0 Å². The van der Waals surface area contributed by atoms with E-state index in [0.717, 1.165) is 5.56 Å². The van der Waals surface area contributed by atoms with Crippen LogP contribution in [0.25, 0.3) is 0 Å². The van der Waals surface area contributed by atoms with Gasteiger partial charge in [0.05, 0.1) is 0 Å². The Labute approximate surface area is 90.3 Å². The fraction of sp³-hybridized carbons (Fsp3) is 0.538. The molecule has 0 saturated carbocycles. The lowest BCUT2D eigenvalue weighted by Crippen LogP contribution is -2.14. The second-order valence-corrected chi connectivity index (χ2v) is 4.89. The molecule has 0 amide bonds. The third-order valence-electron chi connectivity index (χ3n) is 2.62.